The van der Waals surface area contributed by atoms with Gasteiger partial charge in [0.05, 0.1) is 12.2 Å². The summed E-state index contributed by atoms with van der Waals surface area (Å²) in [6.45, 7) is 7.90. The van der Waals surface area contributed by atoms with Gasteiger partial charge >= 0.3 is 0 Å². The predicted octanol–water partition coefficient (Wildman–Crippen LogP) is 1.39. The van der Waals surface area contributed by atoms with E-state index in [1.165, 1.54) is 13.0 Å². The highest BCUT2D eigenvalue weighted by Gasteiger charge is 2.42. The monoisotopic (exact) mass is 256 g/mol. The summed E-state index contributed by atoms with van der Waals surface area (Å²) in [5, 5.41) is 0. The van der Waals surface area contributed by atoms with Crippen molar-refractivity contribution in [2.75, 3.05) is 39.5 Å². The second-order valence-corrected chi connectivity index (χ2v) is 5.66. The molecule has 0 amide bonds. The molecule has 106 valence electrons. The molecule has 0 radical (unpaired) electrons. The van der Waals surface area contributed by atoms with Crippen LogP contribution >= 0.6 is 0 Å². The van der Waals surface area contributed by atoms with Crippen molar-refractivity contribution in [2.45, 2.75) is 50.7 Å². The molecule has 4 heteroatoms. The van der Waals surface area contributed by atoms with Gasteiger partial charge in [-0.05, 0) is 45.3 Å². The van der Waals surface area contributed by atoms with Gasteiger partial charge in [0.15, 0.2) is 0 Å². The Hall–Kier alpha value is -0.160. The molecular weight excluding hydrogens is 228 g/mol. The van der Waals surface area contributed by atoms with Gasteiger partial charge < -0.3 is 20.1 Å². The van der Waals surface area contributed by atoms with E-state index >= 15 is 0 Å². The number of nitrogens with two attached hydrogens (primary N) is 1. The third kappa shape index (κ3) is 3.44. The van der Waals surface area contributed by atoms with Gasteiger partial charge in [-0.25, -0.2) is 0 Å². The van der Waals surface area contributed by atoms with Crippen LogP contribution in [0.1, 0.15) is 39.0 Å². The maximum absolute atomic E-state index is 6.01. The number of ether oxygens (including phenoxy) is 2. The van der Waals surface area contributed by atoms with Crippen LogP contribution in [0.5, 0.6) is 0 Å². The zero-order chi connectivity index (χ0) is 12.8. The van der Waals surface area contributed by atoms with Crippen LogP contribution in [0.3, 0.4) is 0 Å². The number of hydrogen-bond donors (Lipinski definition) is 1. The van der Waals surface area contributed by atoms with Gasteiger partial charge in [0, 0.05) is 25.7 Å². The fraction of sp³-hybridized carbons (Fsp3) is 1.00. The largest absolute Gasteiger partial charge is 0.378 e. The van der Waals surface area contributed by atoms with Crippen molar-refractivity contribution in [1.82, 2.24) is 4.90 Å². The van der Waals surface area contributed by atoms with Gasteiger partial charge in [-0.15, -0.1) is 0 Å². The lowest BCUT2D eigenvalue weighted by atomic mass is 9.88. The molecule has 2 atom stereocenters. The van der Waals surface area contributed by atoms with E-state index in [4.69, 9.17) is 15.2 Å². The highest BCUT2D eigenvalue weighted by molar-refractivity contribution is 4.93. The minimum Gasteiger partial charge on any atom is -0.378 e. The Morgan fingerprint density at radius 3 is 2.89 bits per heavy atom. The summed E-state index contributed by atoms with van der Waals surface area (Å²) in [5.41, 5.74) is 5.67. The second-order valence-electron chi connectivity index (χ2n) is 5.66. The van der Waals surface area contributed by atoms with Crippen molar-refractivity contribution in [2.24, 2.45) is 5.73 Å². The van der Waals surface area contributed by atoms with Crippen LogP contribution in [0.4, 0.5) is 0 Å². The molecule has 0 aromatic rings. The fourth-order valence-corrected chi connectivity index (χ4v) is 3.24. The highest BCUT2D eigenvalue weighted by Crippen LogP contribution is 2.34. The molecule has 2 fully saturated rings. The van der Waals surface area contributed by atoms with Gasteiger partial charge in [-0.1, -0.05) is 6.92 Å². The lowest BCUT2D eigenvalue weighted by Gasteiger charge is -2.42. The van der Waals surface area contributed by atoms with Crippen LogP contribution in [0.25, 0.3) is 0 Å². The van der Waals surface area contributed by atoms with Crippen molar-refractivity contribution in [1.29, 1.82) is 0 Å². The van der Waals surface area contributed by atoms with Gasteiger partial charge in [0.1, 0.15) is 0 Å². The molecule has 0 aromatic heterocycles. The lowest BCUT2D eigenvalue weighted by molar-refractivity contribution is -0.106. The summed E-state index contributed by atoms with van der Waals surface area (Å²) in [5.74, 6) is 0. The molecule has 0 saturated carbocycles. The molecule has 2 rings (SSSR count). The topological polar surface area (TPSA) is 47.7 Å². The summed E-state index contributed by atoms with van der Waals surface area (Å²) >= 11 is 0. The smallest absolute Gasteiger partial charge is 0.0951 e. The van der Waals surface area contributed by atoms with Crippen LogP contribution in [0.2, 0.25) is 0 Å². The van der Waals surface area contributed by atoms with E-state index < -0.39 is 0 Å². The zero-order valence-corrected chi connectivity index (χ0v) is 11.7. The van der Waals surface area contributed by atoms with E-state index in [0.29, 0.717) is 6.04 Å². The molecule has 0 aliphatic carbocycles. The van der Waals surface area contributed by atoms with Crippen molar-refractivity contribution in [3.8, 4) is 0 Å². The third-order valence-corrected chi connectivity index (χ3v) is 4.21. The standard InChI is InChI=1S/C14H28N2O2/c1-2-7-16(8-3-6-15)13-4-9-18-14(11-13)5-10-17-12-14/h13H,2-12,15H2,1H3. The maximum Gasteiger partial charge on any atom is 0.0951 e. The maximum atomic E-state index is 6.01. The number of hydrogen-bond acceptors (Lipinski definition) is 4. The second kappa shape index (κ2) is 6.85. The first kappa shape index (κ1) is 14.3. The van der Waals surface area contributed by atoms with Gasteiger partial charge in [-0.3, -0.25) is 0 Å². The lowest BCUT2D eigenvalue weighted by Crippen LogP contribution is -2.49. The van der Waals surface area contributed by atoms with Crippen molar-refractivity contribution in [3.05, 3.63) is 0 Å². The first-order valence-electron chi connectivity index (χ1n) is 7.45. The highest BCUT2D eigenvalue weighted by atomic mass is 16.6. The van der Waals surface area contributed by atoms with Crippen molar-refractivity contribution < 1.29 is 9.47 Å². The predicted molar refractivity (Wildman–Crippen MR) is 72.7 cm³/mol. The average Bonchev–Trinajstić information content (AvgIpc) is 2.82. The van der Waals surface area contributed by atoms with E-state index in [9.17, 15) is 0 Å². The van der Waals surface area contributed by atoms with Crippen molar-refractivity contribution >= 4 is 0 Å². The molecule has 2 saturated heterocycles. The van der Waals surface area contributed by atoms with E-state index in [2.05, 4.69) is 11.8 Å². The Morgan fingerprint density at radius 1 is 1.33 bits per heavy atom. The third-order valence-electron chi connectivity index (χ3n) is 4.21. The SMILES string of the molecule is CCCN(CCCN)C1CCOC2(CCOC2)C1. The molecule has 1 spiro atoms. The Bertz CT molecular complexity index is 242. The van der Waals surface area contributed by atoms with E-state index in [-0.39, 0.29) is 5.60 Å². The van der Waals surface area contributed by atoms with Crippen LogP contribution in [0, 0.1) is 0 Å². The van der Waals surface area contributed by atoms with Crippen LogP contribution in [0.15, 0.2) is 0 Å². The number of rotatable bonds is 6. The van der Waals surface area contributed by atoms with Gasteiger partial charge in [-0.2, -0.15) is 0 Å². The minimum absolute atomic E-state index is 0.0254. The van der Waals surface area contributed by atoms with Crippen molar-refractivity contribution in [3.63, 3.8) is 0 Å². The Labute approximate surface area is 111 Å². The summed E-state index contributed by atoms with van der Waals surface area (Å²) in [6, 6.07) is 0.659. The molecular formula is C14H28N2O2. The molecule has 2 heterocycles. The van der Waals surface area contributed by atoms with Gasteiger partial charge in [0.2, 0.25) is 0 Å². The Morgan fingerprint density at radius 2 is 2.22 bits per heavy atom. The van der Waals surface area contributed by atoms with Gasteiger partial charge in [0.25, 0.3) is 0 Å². The zero-order valence-electron chi connectivity index (χ0n) is 11.7. The molecule has 2 unspecified atom stereocenters. The molecule has 4 nitrogen and oxygen atoms in total. The van der Waals surface area contributed by atoms with E-state index in [1.807, 2.05) is 0 Å². The quantitative estimate of drug-likeness (QED) is 0.780. The van der Waals surface area contributed by atoms with E-state index in [0.717, 1.165) is 58.6 Å². The molecule has 2 N–H and O–H groups in total. The van der Waals surface area contributed by atoms with E-state index in [1.54, 1.807) is 0 Å². The summed E-state index contributed by atoms with van der Waals surface area (Å²) in [4.78, 5) is 2.62. The minimum atomic E-state index is 0.0254. The summed E-state index contributed by atoms with van der Waals surface area (Å²) in [7, 11) is 0. The molecule has 2 aliphatic rings. The summed E-state index contributed by atoms with van der Waals surface area (Å²) < 4.78 is 11.6. The normalized spacial score (nSPS) is 32.5. The Balaban J connectivity index is 1.91. The fourth-order valence-electron chi connectivity index (χ4n) is 3.24. The molecule has 2 aliphatic heterocycles. The average molecular weight is 256 g/mol. The molecule has 0 aromatic carbocycles. The molecule has 0 bridgehead atoms. The first-order chi connectivity index (χ1) is 8.79. The summed E-state index contributed by atoms with van der Waals surface area (Å²) in [6.07, 6.45) is 5.68. The van der Waals surface area contributed by atoms with Crippen LogP contribution in [-0.4, -0.2) is 56.0 Å². The molecule has 18 heavy (non-hydrogen) atoms. The van der Waals surface area contributed by atoms with Crippen LogP contribution in [-0.2, 0) is 9.47 Å². The van der Waals surface area contributed by atoms with Crippen LogP contribution < -0.4 is 5.73 Å². The number of nitrogens with zero attached hydrogens (tertiary/aromatic N) is 1. The first-order valence-corrected chi connectivity index (χ1v) is 7.45. The Kier molecular flexibility index (Phi) is 5.42.